The molecule has 68 valence electrons. The average Bonchev–Trinajstić information content (AvgIpc) is 2.64. The van der Waals surface area contributed by atoms with Crippen LogP contribution in [0.3, 0.4) is 0 Å². The predicted molar refractivity (Wildman–Crippen MR) is 52.3 cm³/mol. The molecule has 0 spiro atoms. The van der Waals surface area contributed by atoms with Gasteiger partial charge in [0, 0.05) is 6.04 Å². The topological polar surface area (TPSA) is 50.1 Å². The summed E-state index contributed by atoms with van der Waals surface area (Å²) >= 11 is 4.96. The van der Waals surface area contributed by atoms with Crippen LogP contribution in [-0.2, 0) is 0 Å². The number of fused-ring (bicyclic) bond motifs is 2. The van der Waals surface area contributed by atoms with Gasteiger partial charge in [0.1, 0.15) is 0 Å². The van der Waals surface area contributed by atoms with Gasteiger partial charge in [0.05, 0.1) is 0 Å². The van der Waals surface area contributed by atoms with Crippen LogP contribution in [-0.4, -0.2) is 11.2 Å². The first-order valence-corrected chi connectivity index (χ1v) is 4.97. The second-order valence-electron chi connectivity index (χ2n) is 3.90. The lowest BCUT2D eigenvalue weighted by atomic mass is 9.96. The van der Waals surface area contributed by atoms with Crippen LogP contribution >= 0.6 is 12.2 Å². The third-order valence-electron chi connectivity index (χ3n) is 3.19. The second-order valence-corrected chi connectivity index (χ2v) is 4.31. The normalized spacial score (nSPS) is 38.2. The Morgan fingerprint density at radius 1 is 1.33 bits per heavy atom. The van der Waals surface area contributed by atoms with Gasteiger partial charge in [0.25, 0.3) is 0 Å². The Labute approximate surface area is 78.1 Å². The fourth-order valence-electron chi connectivity index (χ4n) is 2.63. The predicted octanol–water partition coefficient (Wildman–Crippen LogP) is 0.513. The number of hydrogen-bond acceptors (Lipinski definition) is 2. The van der Waals surface area contributed by atoms with Gasteiger partial charge in [-0.15, -0.1) is 0 Å². The van der Waals surface area contributed by atoms with Crippen LogP contribution in [0, 0.1) is 11.8 Å². The van der Waals surface area contributed by atoms with E-state index in [9.17, 15) is 0 Å². The Morgan fingerprint density at radius 3 is 2.67 bits per heavy atom. The first kappa shape index (κ1) is 8.26. The molecule has 4 N–H and O–H groups in total. The highest BCUT2D eigenvalue weighted by Crippen LogP contribution is 2.44. The van der Waals surface area contributed by atoms with Crippen molar-refractivity contribution in [3.8, 4) is 0 Å². The van der Waals surface area contributed by atoms with E-state index < -0.39 is 0 Å². The van der Waals surface area contributed by atoms with Crippen LogP contribution in [0.1, 0.15) is 25.7 Å². The molecule has 0 radical (unpaired) electrons. The van der Waals surface area contributed by atoms with Gasteiger partial charge in [-0.25, -0.2) is 5.84 Å². The second kappa shape index (κ2) is 3.18. The van der Waals surface area contributed by atoms with Crippen LogP contribution in [0.15, 0.2) is 0 Å². The molecule has 2 bridgehead atoms. The van der Waals surface area contributed by atoms with Crippen LogP contribution in [0.25, 0.3) is 0 Å². The minimum absolute atomic E-state index is 0.590. The molecule has 0 unspecified atom stereocenters. The monoisotopic (exact) mass is 185 g/mol. The maximum atomic E-state index is 5.19. The largest absolute Gasteiger partial charge is 0.359 e. The van der Waals surface area contributed by atoms with Crippen molar-refractivity contribution >= 4 is 17.3 Å². The Kier molecular flexibility index (Phi) is 2.19. The van der Waals surface area contributed by atoms with Crippen molar-refractivity contribution in [2.24, 2.45) is 17.7 Å². The molecule has 2 fully saturated rings. The van der Waals surface area contributed by atoms with Crippen LogP contribution in [0.2, 0.25) is 0 Å². The first-order chi connectivity index (χ1) is 5.79. The van der Waals surface area contributed by atoms with Crippen LogP contribution in [0.5, 0.6) is 0 Å². The highest BCUT2D eigenvalue weighted by atomic mass is 32.1. The molecule has 4 heteroatoms. The maximum absolute atomic E-state index is 5.19. The molecule has 0 amide bonds. The third-order valence-corrected chi connectivity index (χ3v) is 3.42. The average molecular weight is 185 g/mol. The summed E-state index contributed by atoms with van der Waals surface area (Å²) in [4.78, 5) is 0. The van der Waals surface area contributed by atoms with Gasteiger partial charge < -0.3 is 10.7 Å². The lowest BCUT2D eigenvalue weighted by molar-refractivity contribution is 0.389. The number of nitrogens with one attached hydrogen (secondary N) is 2. The summed E-state index contributed by atoms with van der Waals surface area (Å²) in [7, 11) is 0. The summed E-state index contributed by atoms with van der Waals surface area (Å²) in [6.07, 6.45) is 5.47. The standard InChI is InChI=1S/C8H15N3S/c9-11-8(12)10-7-4-5-1-2-6(7)3-5/h5-7H,1-4,9H2,(H2,10,11,12)/t5-,6-,7-/m0/s1. The van der Waals surface area contributed by atoms with E-state index in [0.717, 1.165) is 11.8 Å². The van der Waals surface area contributed by atoms with Crippen molar-refractivity contribution in [2.45, 2.75) is 31.7 Å². The van der Waals surface area contributed by atoms with E-state index in [1.54, 1.807) is 0 Å². The van der Waals surface area contributed by atoms with Crippen LogP contribution < -0.4 is 16.6 Å². The highest BCUT2D eigenvalue weighted by molar-refractivity contribution is 7.80. The fourth-order valence-corrected chi connectivity index (χ4v) is 2.78. The Balaban J connectivity index is 1.86. The van der Waals surface area contributed by atoms with Gasteiger partial charge in [-0.05, 0) is 43.3 Å². The first-order valence-electron chi connectivity index (χ1n) is 4.56. The van der Waals surface area contributed by atoms with E-state index in [1.807, 2.05) is 0 Å². The number of hydrazine groups is 1. The summed E-state index contributed by atoms with van der Waals surface area (Å²) < 4.78 is 0. The highest BCUT2D eigenvalue weighted by Gasteiger charge is 2.39. The molecule has 0 aromatic heterocycles. The summed E-state index contributed by atoms with van der Waals surface area (Å²) in [5, 5.41) is 3.85. The summed E-state index contributed by atoms with van der Waals surface area (Å²) in [6, 6.07) is 0.590. The van der Waals surface area contributed by atoms with Gasteiger partial charge in [0.15, 0.2) is 5.11 Å². The van der Waals surface area contributed by atoms with Gasteiger partial charge in [-0.3, -0.25) is 0 Å². The Hall–Kier alpha value is -0.350. The molecule has 2 aliphatic rings. The van der Waals surface area contributed by atoms with Gasteiger partial charge >= 0.3 is 0 Å². The Bertz CT molecular complexity index is 195. The summed E-state index contributed by atoms with van der Waals surface area (Å²) in [5.41, 5.74) is 2.47. The van der Waals surface area contributed by atoms with E-state index >= 15 is 0 Å². The molecule has 2 aliphatic carbocycles. The molecule has 0 aromatic rings. The molecule has 0 aliphatic heterocycles. The summed E-state index contributed by atoms with van der Waals surface area (Å²) in [5.74, 6) is 6.99. The van der Waals surface area contributed by atoms with E-state index in [1.165, 1.54) is 25.7 Å². The van der Waals surface area contributed by atoms with E-state index in [-0.39, 0.29) is 0 Å². The number of hydrogen-bond donors (Lipinski definition) is 3. The van der Waals surface area contributed by atoms with Gasteiger partial charge in [-0.2, -0.15) is 0 Å². The molecular formula is C8H15N3S. The van der Waals surface area contributed by atoms with Crippen molar-refractivity contribution in [3.05, 3.63) is 0 Å². The van der Waals surface area contributed by atoms with Gasteiger partial charge in [0.2, 0.25) is 0 Å². The number of rotatable bonds is 1. The Morgan fingerprint density at radius 2 is 2.17 bits per heavy atom. The molecule has 0 saturated heterocycles. The van der Waals surface area contributed by atoms with E-state index in [2.05, 4.69) is 10.7 Å². The van der Waals surface area contributed by atoms with Gasteiger partial charge in [-0.1, -0.05) is 6.42 Å². The molecule has 0 heterocycles. The van der Waals surface area contributed by atoms with Crippen molar-refractivity contribution in [1.82, 2.24) is 10.7 Å². The maximum Gasteiger partial charge on any atom is 0.180 e. The van der Waals surface area contributed by atoms with Crippen molar-refractivity contribution in [1.29, 1.82) is 0 Å². The smallest absolute Gasteiger partial charge is 0.180 e. The molecular weight excluding hydrogens is 170 g/mol. The van der Waals surface area contributed by atoms with E-state index in [0.29, 0.717) is 11.2 Å². The number of nitrogens with two attached hydrogens (primary N) is 1. The minimum Gasteiger partial charge on any atom is -0.359 e. The lowest BCUT2D eigenvalue weighted by Crippen LogP contribution is -2.46. The zero-order valence-electron chi connectivity index (χ0n) is 7.05. The zero-order valence-corrected chi connectivity index (χ0v) is 7.86. The third kappa shape index (κ3) is 1.41. The lowest BCUT2D eigenvalue weighted by Gasteiger charge is -2.23. The SMILES string of the molecule is NNC(=S)N[C@H]1C[C@H]2CC[C@H]1C2. The zero-order chi connectivity index (χ0) is 8.55. The van der Waals surface area contributed by atoms with Crippen LogP contribution in [0.4, 0.5) is 0 Å². The molecule has 3 atom stereocenters. The minimum atomic E-state index is 0.590. The quantitative estimate of drug-likeness (QED) is 0.316. The molecule has 2 rings (SSSR count). The molecule has 12 heavy (non-hydrogen) atoms. The van der Waals surface area contributed by atoms with Crippen molar-refractivity contribution in [3.63, 3.8) is 0 Å². The van der Waals surface area contributed by atoms with Crippen molar-refractivity contribution < 1.29 is 0 Å². The van der Waals surface area contributed by atoms with Crippen molar-refractivity contribution in [2.75, 3.05) is 0 Å². The molecule has 3 nitrogen and oxygen atoms in total. The number of thiocarbonyl (C=S) groups is 1. The molecule has 2 saturated carbocycles. The van der Waals surface area contributed by atoms with E-state index in [4.69, 9.17) is 18.1 Å². The fraction of sp³-hybridized carbons (Fsp3) is 0.875. The summed E-state index contributed by atoms with van der Waals surface area (Å²) in [6.45, 7) is 0. The molecule has 0 aromatic carbocycles.